The van der Waals surface area contributed by atoms with Crippen molar-refractivity contribution in [3.63, 3.8) is 0 Å². The summed E-state index contributed by atoms with van der Waals surface area (Å²) in [5, 5.41) is 34.2. The van der Waals surface area contributed by atoms with Crippen LogP contribution in [0.4, 0.5) is 0 Å². The first kappa shape index (κ1) is 49.4. The lowest BCUT2D eigenvalue weighted by Gasteiger charge is -2.38. The van der Waals surface area contributed by atoms with Crippen LogP contribution >= 0.6 is 0 Å². The third-order valence-electron chi connectivity index (χ3n) is 12.0. The van der Waals surface area contributed by atoms with Crippen LogP contribution < -0.4 is 0 Å². The van der Waals surface area contributed by atoms with E-state index in [1.807, 2.05) is 59.8 Å². The van der Waals surface area contributed by atoms with Gasteiger partial charge in [0.05, 0.1) is 48.8 Å². The molecule has 0 spiro atoms. The second-order valence-corrected chi connectivity index (χ2v) is 16.4. The normalized spacial score (nSPS) is 32.0. The number of rotatable bonds is 15. The Labute approximate surface area is 336 Å². The summed E-state index contributed by atoms with van der Waals surface area (Å²) in [7, 11) is 6.46. The highest BCUT2D eigenvalue weighted by molar-refractivity contribution is 5.82. The monoisotopic (exact) mass is 792 g/mol. The highest BCUT2D eigenvalue weighted by atomic mass is 16.5. The highest BCUT2D eigenvalue weighted by Gasteiger charge is 2.40. The summed E-state index contributed by atoms with van der Waals surface area (Å²) < 4.78 is 30.0. The largest absolute Gasteiger partial charge is 0.458 e. The fourth-order valence-electron chi connectivity index (χ4n) is 8.01. The molecule has 12 heteroatoms. The Morgan fingerprint density at radius 3 is 2.29 bits per heavy atom. The SMILES string of the molecule is COC1CC2CC=CC(CC(O)CC=C(C)C=CC(=O)OC(C(C)C(O)C(C)CCC(=O)C(C)C(OC)C(C)C=CN(C)C=O)C(C)C(O)CC(OC)C1C)O2. The summed E-state index contributed by atoms with van der Waals surface area (Å²) in [4.78, 5) is 39.1. The lowest BCUT2D eigenvalue weighted by atomic mass is 9.78. The van der Waals surface area contributed by atoms with Gasteiger partial charge in [0.15, 0.2) is 0 Å². The average molecular weight is 792 g/mol. The van der Waals surface area contributed by atoms with Gasteiger partial charge >= 0.3 is 5.97 Å². The fourth-order valence-corrected chi connectivity index (χ4v) is 8.01. The van der Waals surface area contributed by atoms with Crippen LogP contribution in [0.25, 0.3) is 0 Å². The van der Waals surface area contributed by atoms with Gasteiger partial charge in [0, 0.05) is 95.9 Å². The molecule has 0 radical (unpaired) electrons. The Hall–Kier alpha value is -2.71. The van der Waals surface area contributed by atoms with E-state index in [1.165, 1.54) is 11.0 Å². The zero-order valence-electron chi connectivity index (χ0n) is 35.8. The van der Waals surface area contributed by atoms with Crippen LogP contribution in [0.5, 0.6) is 0 Å². The van der Waals surface area contributed by atoms with Crippen molar-refractivity contribution in [2.75, 3.05) is 28.4 Å². The molecule has 1 amide bonds. The zero-order valence-corrected chi connectivity index (χ0v) is 35.8. The molecule has 0 aromatic heterocycles. The fraction of sp³-hybridized carbons (Fsp3) is 0.750. The molecule has 320 valence electrons. The molecule has 0 aromatic rings. The van der Waals surface area contributed by atoms with Gasteiger partial charge in [0.2, 0.25) is 6.41 Å². The highest BCUT2D eigenvalue weighted by Crippen LogP contribution is 2.33. The molecule has 12 nitrogen and oxygen atoms in total. The summed E-state index contributed by atoms with van der Waals surface area (Å²) in [5.74, 6) is -2.88. The minimum absolute atomic E-state index is 0.00759. The number of methoxy groups -OCH3 is 3. The zero-order chi connectivity index (χ0) is 42.1. The van der Waals surface area contributed by atoms with Crippen LogP contribution in [0.1, 0.15) is 93.4 Å². The topological polar surface area (TPSA) is 161 Å². The summed E-state index contributed by atoms with van der Waals surface area (Å²) in [5.41, 5.74) is 0.771. The summed E-state index contributed by atoms with van der Waals surface area (Å²) in [6.07, 6.45) is 11.2. The van der Waals surface area contributed by atoms with Gasteiger partial charge in [-0.2, -0.15) is 0 Å². The smallest absolute Gasteiger partial charge is 0.331 e. The predicted molar refractivity (Wildman–Crippen MR) is 216 cm³/mol. The van der Waals surface area contributed by atoms with Crippen LogP contribution in [0.15, 0.2) is 48.2 Å². The number of allylic oxidation sites excluding steroid dienone is 2. The number of ketones is 1. The van der Waals surface area contributed by atoms with E-state index in [0.29, 0.717) is 32.1 Å². The molecule has 0 aromatic carbocycles. The van der Waals surface area contributed by atoms with Gasteiger partial charge in [0.1, 0.15) is 11.9 Å². The van der Waals surface area contributed by atoms with E-state index in [-0.39, 0.29) is 54.7 Å². The number of cyclic esters (lactones) is 1. The molecular formula is C44H73NO11. The number of hydrogen-bond donors (Lipinski definition) is 3. The lowest BCUT2D eigenvalue weighted by molar-refractivity contribution is -0.157. The minimum atomic E-state index is -0.967. The van der Waals surface area contributed by atoms with Crippen LogP contribution in [0.3, 0.4) is 0 Å². The number of aliphatic hydroxyl groups excluding tert-OH is 3. The molecule has 2 aliphatic heterocycles. The maximum absolute atomic E-state index is 13.4. The number of nitrogens with zero attached hydrogens (tertiary/aromatic N) is 1. The molecule has 2 rings (SSSR count). The van der Waals surface area contributed by atoms with Crippen molar-refractivity contribution >= 4 is 18.2 Å². The first-order valence-electron chi connectivity index (χ1n) is 20.4. The van der Waals surface area contributed by atoms with Crippen molar-refractivity contribution in [3.05, 3.63) is 48.2 Å². The van der Waals surface area contributed by atoms with E-state index in [0.717, 1.165) is 12.0 Å². The maximum atomic E-state index is 13.4. The van der Waals surface area contributed by atoms with Crippen LogP contribution in [-0.2, 0) is 38.1 Å². The molecule has 0 fully saturated rings. The quantitative estimate of drug-likeness (QED) is 0.108. The molecule has 2 aliphatic rings. The van der Waals surface area contributed by atoms with Crippen molar-refractivity contribution in [3.8, 4) is 0 Å². The van der Waals surface area contributed by atoms with Crippen molar-refractivity contribution in [1.29, 1.82) is 0 Å². The number of fused-ring (bicyclic) bond motifs is 2. The van der Waals surface area contributed by atoms with Gasteiger partial charge in [-0.15, -0.1) is 0 Å². The Morgan fingerprint density at radius 1 is 1.00 bits per heavy atom. The molecule has 0 saturated heterocycles. The number of carbonyl (C=O) groups excluding carboxylic acids is 3. The van der Waals surface area contributed by atoms with E-state index in [1.54, 1.807) is 47.6 Å². The Bertz CT molecular complexity index is 1320. The van der Waals surface area contributed by atoms with E-state index in [2.05, 4.69) is 6.08 Å². The molecule has 15 atom stereocenters. The van der Waals surface area contributed by atoms with Gasteiger partial charge in [-0.05, 0) is 32.1 Å². The van der Waals surface area contributed by atoms with Crippen LogP contribution in [-0.4, -0.2) is 122 Å². The Kier molecular flexibility index (Phi) is 22.0. The molecule has 3 N–H and O–H groups in total. The van der Waals surface area contributed by atoms with Gasteiger partial charge < -0.3 is 43.9 Å². The summed E-state index contributed by atoms with van der Waals surface area (Å²) >= 11 is 0. The number of esters is 1. The van der Waals surface area contributed by atoms with Crippen molar-refractivity contribution in [1.82, 2.24) is 4.90 Å². The molecule has 15 unspecified atom stereocenters. The average Bonchev–Trinajstić information content (AvgIpc) is 3.18. The third-order valence-corrected chi connectivity index (χ3v) is 12.0. The maximum Gasteiger partial charge on any atom is 0.331 e. The first-order chi connectivity index (χ1) is 26.5. The molecular weight excluding hydrogens is 718 g/mol. The van der Waals surface area contributed by atoms with Crippen LogP contribution in [0.2, 0.25) is 0 Å². The summed E-state index contributed by atoms with van der Waals surface area (Å²) in [6.45, 7) is 13.1. The Balaban J connectivity index is 2.31. The predicted octanol–water partition coefficient (Wildman–Crippen LogP) is 5.58. The van der Waals surface area contributed by atoms with E-state index < -0.39 is 60.3 Å². The van der Waals surface area contributed by atoms with E-state index >= 15 is 0 Å². The van der Waals surface area contributed by atoms with Crippen molar-refractivity contribution in [2.45, 2.75) is 148 Å². The standard InChI is InChI=1S/C44H73NO11/c1-27-15-18-34(47)23-35-13-12-14-36(55-35)24-39(52-9)32(6)40(53-10)25-38(49)31(5)44(56-41(50)20-16-27)33(7)42(51)28(2)17-19-37(48)30(4)43(54-11)29(3)21-22-45(8)26-46/h12-13,15-16,20-22,26,28-36,38-40,42-44,47,49,51H,14,17-19,23-25H2,1-11H3. The molecule has 0 aliphatic carbocycles. The van der Waals surface area contributed by atoms with Gasteiger partial charge in [-0.3, -0.25) is 9.59 Å². The van der Waals surface area contributed by atoms with Gasteiger partial charge in [-0.25, -0.2) is 4.79 Å². The molecule has 2 heterocycles. The number of carbonyl (C=O) groups is 3. The molecule has 0 saturated carbocycles. The molecule has 2 bridgehead atoms. The third kappa shape index (κ3) is 15.6. The van der Waals surface area contributed by atoms with E-state index in [9.17, 15) is 29.7 Å². The van der Waals surface area contributed by atoms with Gasteiger partial charge in [-0.1, -0.05) is 77.5 Å². The van der Waals surface area contributed by atoms with Crippen molar-refractivity contribution in [2.24, 2.45) is 35.5 Å². The Morgan fingerprint density at radius 2 is 1.66 bits per heavy atom. The van der Waals surface area contributed by atoms with E-state index in [4.69, 9.17) is 23.7 Å². The van der Waals surface area contributed by atoms with Gasteiger partial charge in [0.25, 0.3) is 0 Å². The second kappa shape index (κ2) is 24.9. The second-order valence-electron chi connectivity index (χ2n) is 16.4. The minimum Gasteiger partial charge on any atom is -0.458 e. The lowest BCUT2D eigenvalue weighted by Crippen LogP contribution is -2.46. The van der Waals surface area contributed by atoms with Crippen LogP contribution in [0, 0.1) is 35.5 Å². The number of hydrogen-bond acceptors (Lipinski definition) is 11. The number of amides is 1. The first-order valence-corrected chi connectivity index (χ1v) is 20.4. The number of aliphatic hydroxyl groups is 3. The van der Waals surface area contributed by atoms with Crippen molar-refractivity contribution < 1.29 is 53.4 Å². The summed E-state index contributed by atoms with van der Waals surface area (Å²) in [6, 6.07) is 0. The molecule has 56 heavy (non-hydrogen) atoms. The number of Topliss-reactive ketones (excluding diaryl/α,β-unsaturated/α-hetero) is 1. The number of ether oxygens (including phenoxy) is 5.